The number of hydrogen-bond acceptors (Lipinski definition) is 5. The van der Waals surface area contributed by atoms with Gasteiger partial charge in [0.15, 0.2) is 5.75 Å². The van der Waals surface area contributed by atoms with Gasteiger partial charge in [-0.2, -0.15) is 4.98 Å². The summed E-state index contributed by atoms with van der Waals surface area (Å²) in [5.41, 5.74) is 4.39. The second-order valence-electron chi connectivity index (χ2n) is 8.01. The molecule has 0 amide bonds. The molecule has 1 saturated heterocycles. The monoisotopic (exact) mass is 382 g/mol. The molecule has 5 rings (SSSR count). The molecule has 2 aromatic rings. The minimum Gasteiger partial charge on any atom is -0.487 e. The number of aromatic nitrogens is 2. The van der Waals surface area contributed by atoms with E-state index in [1.807, 2.05) is 0 Å². The Morgan fingerprint density at radius 3 is 3.00 bits per heavy atom. The molecule has 2 aliphatic heterocycles. The van der Waals surface area contributed by atoms with Crippen LogP contribution in [0.25, 0.3) is 11.3 Å². The Morgan fingerprint density at radius 1 is 1.25 bits per heavy atom. The number of nitrogens with zero attached hydrogens (tertiary/aromatic N) is 2. The molecule has 3 heterocycles. The summed E-state index contributed by atoms with van der Waals surface area (Å²) in [4.78, 5) is 16.3. The Kier molecular flexibility index (Phi) is 4.91. The van der Waals surface area contributed by atoms with Crippen molar-refractivity contribution in [3.05, 3.63) is 46.0 Å². The third kappa shape index (κ3) is 3.71. The van der Waals surface area contributed by atoms with Crippen molar-refractivity contribution >= 4 is 0 Å². The van der Waals surface area contributed by atoms with Crippen molar-refractivity contribution in [2.24, 2.45) is 5.92 Å². The van der Waals surface area contributed by atoms with E-state index in [0.717, 1.165) is 30.0 Å². The second kappa shape index (κ2) is 7.68. The molecule has 1 unspecified atom stereocenters. The molecule has 0 spiro atoms. The number of ether oxygens (including phenoxy) is 3. The van der Waals surface area contributed by atoms with E-state index in [1.165, 1.54) is 30.4 Å². The lowest BCUT2D eigenvalue weighted by molar-refractivity contribution is -0.101. The Balaban J connectivity index is 1.41. The van der Waals surface area contributed by atoms with E-state index >= 15 is 0 Å². The first kappa shape index (κ1) is 17.9. The van der Waals surface area contributed by atoms with Gasteiger partial charge < -0.3 is 14.2 Å². The van der Waals surface area contributed by atoms with Gasteiger partial charge in [0.05, 0.1) is 31.7 Å². The van der Waals surface area contributed by atoms with Gasteiger partial charge in [-0.1, -0.05) is 31.0 Å². The van der Waals surface area contributed by atoms with E-state index in [2.05, 4.69) is 23.2 Å². The van der Waals surface area contributed by atoms with Crippen LogP contribution < -0.4 is 10.4 Å². The van der Waals surface area contributed by atoms with E-state index in [9.17, 15) is 4.79 Å². The molecule has 148 valence electrons. The third-order valence-corrected chi connectivity index (χ3v) is 5.90. The van der Waals surface area contributed by atoms with Gasteiger partial charge in [-0.05, 0) is 36.3 Å². The first-order valence-corrected chi connectivity index (χ1v) is 10.3. The highest BCUT2D eigenvalue weighted by Gasteiger charge is 2.24. The highest BCUT2D eigenvalue weighted by atomic mass is 16.6. The number of aryl methyl sites for hydroxylation is 2. The van der Waals surface area contributed by atoms with E-state index in [0.29, 0.717) is 38.7 Å². The Bertz CT molecular complexity index is 913. The van der Waals surface area contributed by atoms with Crippen molar-refractivity contribution in [2.45, 2.75) is 44.8 Å². The normalized spacial score (nSPS) is 21.1. The quantitative estimate of drug-likeness (QED) is 0.769. The second-order valence-corrected chi connectivity index (χ2v) is 8.01. The van der Waals surface area contributed by atoms with Crippen LogP contribution in [0.15, 0.2) is 29.2 Å². The summed E-state index contributed by atoms with van der Waals surface area (Å²) in [6, 6.07) is 6.66. The largest absolute Gasteiger partial charge is 0.487 e. The van der Waals surface area contributed by atoms with Crippen molar-refractivity contribution in [1.82, 2.24) is 9.55 Å². The molecule has 1 aromatic carbocycles. The molecule has 3 aliphatic rings. The van der Waals surface area contributed by atoms with Crippen LogP contribution in [0.1, 0.15) is 30.4 Å². The minimum absolute atomic E-state index is 0.0887. The van der Waals surface area contributed by atoms with Gasteiger partial charge in [0.25, 0.3) is 0 Å². The molecule has 6 nitrogen and oxygen atoms in total. The van der Waals surface area contributed by atoms with Crippen LogP contribution in [-0.4, -0.2) is 42.1 Å². The summed E-state index contributed by atoms with van der Waals surface area (Å²) in [6.07, 6.45) is 7.53. The van der Waals surface area contributed by atoms with E-state index in [4.69, 9.17) is 14.2 Å². The van der Waals surface area contributed by atoms with Crippen LogP contribution in [0.2, 0.25) is 0 Å². The fraction of sp³-hybridized carbons (Fsp3) is 0.545. The van der Waals surface area contributed by atoms with Gasteiger partial charge in [0, 0.05) is 12.1 Å². The molecule has 1 aromatic heterocycles. The molecular weight excluding hydrogens is 356 g/mol. The molecule has 1 atom stereocenters. The zero-order valence-corrected chi connectivity index (χ0v) is 16.1. The predicted octanol–water partition coefficient (Wildman–Crippen LogP) is 2.60. The van der Waals surface area contributed by atoms with Crippen molar-refractivity contribution in [2.75, 3.05) is 26.4 Å². The molecule has 0 radical (unpaired) electrons. The molecule has 2 fully saturated rings. The van der Waals surface area contributed by atoms with Gasteiger partial charge in [-0.15, -0.1) is 0 Å². The molecule has 1 aliphatic carbocycles. The summed E-state index contributed by atoms with van der Waals surface area (Å²) in [5, 5.41) is 0. The SMILES string of the molecule is O=c1ncc(OCC2COCCO2)c2n1CCc1cc(CCC3CC3)ccc1-2. The number of hydrogen-bond donors (Lipinski definition) is 0. The molecule has 1 saturated carbocycles. The molecule has 0 bridgehead atoms. The van der Waals surface area contributed by atoms with Crippen LogP contribution >= 0.6 is 0 Å². The van der Waals surface area contributed by atoms with Gasteiger partial charge in [-0.3, -0.25) is 4.57 Å². The van der Waals surface area contributed by atoms with E-state index < -0.39 is 0 Å². The standard InChI is InChI=1S/C22H26N2O4/c25-22-23-12-20(28-14-18-13-26-9-10-27-18)21-19-6-5-16(4-3-15-1-2-15)11-17(19)7-8-24(21)22/h5-6,11-12,15,18H,1-4,7-10,13-14H2. The lowest BCUT2D eigenvalue weighted by atomic mass is 9.93. The Hall–Kier alpha value is -2.18. The fourth-order valence-electron chi connectivity index (χ4n) is 4.13. The van der Waals surface area contributed by atoms with E-state index in [1.54, 1.807) is 10.8 Å². The van der Waals surface area contributed by atoms with Crippen LogP contribution in [-0.2, 0) is 28.9 Å². The van der Waals surface area contributed by atoms with Crippen molar-refractivity contribution in [3.8, 4) is 17.0 Å². The van der Waals surface area contributed by atoms with Crippen LogP contribution in [0.5, 0.6) is 5.75 Å². The zero-order valence-electron chi connectivity index (χ0n) is 16.1. The molecule has 6 heteroatoms. The van der Waals surface area contributed by atoms with Crippen molar-refractivity contribution in [3.63, 3.8) is 0 Å². The summed E-state index contributed by atoms with van der Waals surface area (Å²) < 4.78 is 18.9. The fourth-order valence-corrected chi connectivity index (χ4v) is 4.13. The molecular formula is C22H26N2O4. The maximum absolute atomic E-state index is 12.3. The summed E-state index contributed by atoms with van der Waals surface area (Å²) in [6.45, 7) is 2.78. The third-order valence-electron chi connectivity index (χ3n) is 5.90. The van der Waals surface area contributed by atoms with Gasteiger partial charge in [0.2, 0.25) is 0 Å². The van der Waals surface area contributed by atoms with Crippen LogP contribution in [0.4, 0.5) is 0 Å². The topological polar surface area (TPSA) is 62.6 Å². The van der Waals surface area contributed by atoms with Gasteiger partial charge in [0.1, 0.15) is 12.7 Å². The molecule has 0 N–H and O–H groups in total. The maximum atomic E-state index is 12.3. The average Bonchev–Trinajstić information content (AvgIpc) is 3.57. The maximum Gasteiger partial charge on any atom is 0.348 e. The lowest BCUT2D eigenvalue weighted by Crippen LogP contribution is -2.34. The van der Waals surface area contributed by atoms with Crippen molar-refractivity contribution < 1.29 is 14.2 Å². The Morgan fingerprint density at radius 2 is 2.18 bits per heavy atom. The Labute approximate surface area is 164 Å². The summed E-state index contributed by atoms with van der Waals surface area (Å²) in [7, 11) is 0. The highest BCUT2D eigenvalue weighted by molar-refractivity contribution is 5.71. The average molecular weight is 382 g/mol. The predicted molar refractivity (Wildman–Crippen MR) is 105 cm³/mol. The minimum atomic E-state index is -0.219. The highest BCUT2D eigenvalue weighted by Crippen LogP contribution is 2.37. The van der Waals surface area contributed by atoms with Crippen LogP contribution in [0.3, 0.4) is 0 Å². The zero-order chi connectivity index (χ0) is 18.9. The number of benzene rings is 1. The lowest BCUT2D eigenvalue weighted by Gasteiger charge is -2.26. The van der Waals surface area contributed by atoms with Gasteiger partial charge in [-0.25, -0.2) is 4.79 Å². The summed E-state index contributed by atoms with van der Waals surface area (Å²) >= 11 is 0. The number of fused-ring (bicyclic) bond motifs is 3. The van der Waals surface area contributed by atoms with Crippen LogP contribution in [0, 0.1) is 5.92 Å². The first-order chi connectivity index (χ1) is 13.8. The van der Waals surface area contributed by atoms with E-state index in [-0.39, 0.29) is 11.8 Å². The van der Waals surface area contributed by atoms with Crippen molar-refractivity contribution in [1.29, 1.82) is 0 Å². The first-order valence-electron chi connectivity index (χ1n) is 10.3. The number of rotatable bonds is 6. The summed E-state index contributed by atoms with van der Waals surface area (Å²) in [5.74, 6) is 1.58. The van der Waals surface area contributed by atoms with Gasteiger partial charge >= 0.3 is 5.69 Å². The molecule has 28 heavy (non-hydrogen) atoms. The smallest absolute Gasteiger partial charge is 0.348 e.